The third-order valence-corrected chi connectivity index (χ3v) is 6.17. The molecule has 0 atom stereocenters. The molecule has 134 valence electrons. The standard InChI is InChI=1S/C22H30N2O/c1-2-8-20-19-15-22(12-6-7-13-22)14-11-21(19)24(23-20)17-25-16-18-9-4-3-5-10-18/h3-5,9-10H,2,6-8,11-17H2,1H3. The third-order valence-electron chi connectivity index (χ3n) is 6.17. The fourth-order valence-electron chi connectivity index (χ4n) is 4.84. The monoisotopic (exact) mass is 338 g/mol. The lowest BCUT2D eigenvalue weighted by atomic mass is 9.71. The van der Waals surface area contributed by atoms with Crippen molar-refractivity contribution in [3.8, 4) is 0 Å². The molecule has 1 aromatic heterocycles. The van der Waals surface area contributed by atoms with Gasteiger partial charge in [0, 0.05) is 5.69 Å². The normalized spacial score (nSPS) is 18.6. The lowest BCUT2D eigenvalue weighted by Crippen LogP contribution is -2.27. The molecule has 1 spiro atoms. The average Bonchev–Trinajstić information content (AvgIpc) is 3.22. The first-order chi connectivity index (χ1) is 12.3. The highest BCUT2D eigenvalue weighted by Gasteiger charge is 2.39. The first kappa shape index (κ1) is 16.8. The van der Waals surface area contributed by atoms with Gasteiger partial charge in [-0.1, -0.05) is 56.5 Å². The van der Waals surface area contributed by atoms with Crippen LogP contribution in [0.3, 0.4) is 0 Å². The van der Waals surface area contributed by atoms with Crippen LogP contribution < -0.4 is 0 Å². The molecule has 1 heterocycles. The molecule has 0 N–H and O–H groups in total. The summed E-state index contributed by atoms with van der Waals surface area (Å²) in [4.78, 5) is 0. The average molecular weight is 338 g/mol. The highest BCUT2D eigenvalue weighted by molar-refractivity contribution is 5.31. The number of fused-ring (bicyclic) bond motifs is 1. The van der Waals surface area contributed by atoms with E-state index in [0.717, 1.165) is 6.42 Å². The van der Waals surface area contributed by atoms with Gasteiger partial charge in [0.05, 0.1) is 12.3 Å². The Labute approximate surface area is 151 Å². The van der Waals surface area contributed by atoms with E-state index in [0.29, 0.717) is 18.8 Å². The van der Waals surface area contributed by atoms with E-state index in [4.69, 9.17) is 9.84 Å². The van der Waals surface area contributed by atoms with Gasteiger partial charge in [0.2, 0.25) is 0 Å². The molecule has 4 rings (SSSR count). The van der Waals surface area contributed by atoms with Crippen molar-refractivity contribution < 1.29 is 4.74 Å². The molecule has 1 saturated carbocycles. The van der Waals surface area contributed by atoms with Crippen LogP contribution in [0.15, 0.2) is 30.3 Å². The van der Waals surface area contributed by atoms with Crippen LogP contribution in [0.1, 0.15) is 68.0 Å². The molecule has 1 fully saturated rings. The second kappa shape index (κ2) is 7.33. The molecule has 2 aromatic rings. The summed E-state index contributed by atoms with van der Waals surface area (Å²) in [6.45, 7) is 3.49. The van der Waals surface area contributed by atoms with Crippen molar-refractivity contribution in [1.82, 2.24) is 9.78 Å². The first-order valence-corrected chi connectivity index (χ1v) is 9.99. The Bertz CT molecular complexity index is 698. The molecule has 0 saturated heterocycles. The van der Waals surface area contributed by atoms with Gasteiger partial charge in [0.1, 0.15) is 6.73 Å². The van der Waals surface area contributed by atoms with Gasteiger partial charge in [0.25, 0.3) is 0 Å². The highest BCUT2D eigenvalue weighted by Crippen LogP contribution is 2.48. The molecule has 2 aliphatic rings. The van der Waals surface area contributed by atoms with Crippen molar-refractivity contribution in [2.24, 2.45) is 5.41 Å². The molecule has 0 radical (unpaired) electrons. The topological polar surface area (TPSA) is 27.1 Å². The van der Waals surface area contributed by atoms with E-state index in [1.807, 2.05) is 6.07 Å². The van der Waals surface area contributed by atoms with Crippen molar-refractivity contribution in [3.05, 3.63) is 52.8 Å². The van der Waals surface area contributed by atoms with Gasteiger partial charge in [-0.2, -0.15) is 5.10 Å². The number of aryl methyl sites for hydroxylation is 1. The van der Waals surface area contributed by atoms with Gasteiger partial charge >= 0.3 is 0 Å². The molecule has 3 heteroatoms. The predicted molar refractivity (Wildman–Crippen MR) is 100 cm³/mol. The van der Waals surface area contributed by atoms with Crippen LogP contribution in [0.4, 0.5) is 0 Å². The highest BCUT2D eigenvalue weighted by atomic mass is 16.5. The zero-order chi connectivity index (χ0) is 17.1. The SMILES string of the molecule is CCCc1nn(COCc2ccccc2)c2c1CC1(CCCC1)CC2. The van der Waals surface area contributed by atoms with Crippen LogP contribution in [-0.4, -0.2) is 9.78 Å². The molecule has 0 unspecified atom stereocenters. The lowest BCUT2D eigenvalue weighted by Gasteiger charge is -2.33. The van der Waals surface area contributed by atoms with E-state index in [2.05, 4.69) is 35.9 Å². The fraction of sp³-hybridized carbons (Fsp3) is 0.591. The Morgan fingerprint density at radius 2 is 1.92 bits per heavy atom. The third kappa shape index (κ3) is 3.52. The van der Waals surface area contributed by atoms with Crippen LogP contribution in [0.5, 0.6) is 0 Å². The Morgan fingerprint density at radius 1 is 1.12 bits per heavy atom. The first-order valence-electron chi connectivity index (χ1n) is 9.99. The van der Waals surface area contributed by atoms with Crippen molar-refractivity contribution >= 4 is 0 Å². The number of ether oxygens (including phenoxy) is 1. The summed E-state index contributed by atoms with van der Waals surface area (Å²) in [5.41, 5.74) is 6.18. The molecule has 0 bridgehead atoms. The van der Waals surface area contributed by atoms with E-state index in [1.54, 1.807) is 5.56 Å². The van der Waals surface area contributed by atoms with Crippen LogP contribution >= 0.6 is 0 Å². The second-order valence-electron chi connectivity index (χ2n) is 7.97. The van der Waals surface area contributed by atoms with Crippen LogP contribution in [0.2, 0.25) is 0 Å². The Balaban J connectivity index is 1.49. The maximum atomic E-state index is 5.98. The molecular weight excluding hydrogens is 308 g/mol. The van der Waals surface area contributed by atoms with Crippen molar-refractivity contribution in [3.63, 3.8) is 0 Å². The van der Waals surface area contributed by atoms with Crippen LogP contribution in [0.25, 0.3) is 0 Å². The molecule has 0 aliphatic heterocycles. The summed E-state index contributed by atoms with van der Waals surface area (Å²) in [5, 5.41) is 4.96. The minimum atomic E-state index is 0.577. The van der Waals surface area contributed by atoms with Gasteiger partial charge in [-0.15, -0.1) is 0 Å². The number of nitrogens with zero attached hydrogens (tertiary/aromatic N) is 2. The van der Waals surface area contributed by atoms with E-state index >= 15 is 0 Å². The minimum absolute atomic E-state index is 0.577. The molecular formula is C22H30N2O. The maximum absolute atomic E-state index is 5.98. The molecule has 25 heavy (non-hydrogen) atoms. The Kier molecular flexibility index (Phi) is 4.93. The van der Waals surface area contributed by atoms with Gasteiger partial charge in [-0.05, 0) is 55.1 Å². The lowest BCUT2D eigenvalue weighted by molar-refractivity contribution is 0.0531. The molecule has 1 aromatic carbocycles. The van der Waals surface area contributed by atoms with Gasteiger partial charge < -0.3 is 4.74 Å². The summed E-state index contributed by atoms with van der Waals surface area (Å²) in [5.74, 6) is 0. The summed E-state index contributed by atoms with van der Waals surface area (Å²) in [7, 11) is 0. The number of hydrogen-bond acceptors (Lipinski definition) is 2. The number of rotatable bonds is 6. The number of aromatic nitrogens is 2. The number of benzene rings is 1. The van der Waals surface area contributed by atoms with Gasteiger partial charge in [-0.3, -0.25) is 0 Å². The van der Waals surface area contributed by atoms with Gasteiger partial charge in [0.15, 0.2) is 0 Å². The van der Waals surface area contributed by atoms with Crippen molar-refractivity contribution in [2.45, 2.75) is 78.0 Å². The van der Waals surface area contributed by atoms with E-state index in [1.165, 1.54) is 68.3 Å². The Morgan fingerprint density at radius 3 is 2.68 bits per heavy atom. The zero-order valence-electron chi connectivity index (χ0n) is 15.5. The second-order valence-corrected chi connectivity index (χ2v) is 7.97. The van der Waals surface area contributed by atoms with E-state index in [-0.39, 0.29) is 0 Å². The van der Waals surface area contributed by atoms with Gasteiger partial charge in [-0.25, -0.2) is 4.68 Å². The van der Waals surface area contributed by atoms with Crippen molar-refractivity contribution in [1.29, 1.82) is 0 Å². The van der Waals surface area contributed by atoms with Crippen LogP contribution in [0, 0.1) is 5.41 Å². The minimum Gasteiger partial charge on any atom is -0.355 e. The maximum Gasteiger partial charge on any atom is 0.140 e. The molecule has 0 amide bonds. The van der Waals surface area contributed by atoms with E-state index in [9.17, 15) is 0 Å². The predicted octanol–water partition coefficient (Wildman–Crippen LogP) is 5.06. The van der Waals surface area contributed by atoms with Crippen molar-refractivity contribution in [2.75, 3.05) is 0 Å². The quantitative estimate of drug-likeness (QED) is 0.736. The zero-order valence-corrected chi connectivity index (χ0v) is 15.5. The number of hydrogen-bond donors (Lipinski definition) is 0. The molecule has 3 nitrogen and oxygen atoms in total. The summed E-state index contributed by atoms with van der Waals surface area (Å²) in [6.07, 6.45) is 11.7. The summed E-state index contributed by atoms with van der Waals surface area (Å²) in [6, 6.07) is 10.4. The summed E-state index contributed by atoms with van der Waals surface area (Å²) >= 11 is 0. The summed E-state index contributed by atoms with van der Waals surface area (Å²) < 4.78 is 8.14. The van der Waals surface area contributed by atoms with E-state index < -0.39 is 0 Å². The smallest absolute Gasteiger partial charge is 0.140 e. The molecule has 2 aliphatic carbocycles. The Hall–Kier alpha value is -1.61. The largest absolute Gasteiger partial charge is 0.355 e. The van der Waals surface area contributed by atoms with Crippen LogP contribution in [-0.2, 0) is 37.3 Å². The fourth-order valence-corrected chi connectivity index (χ4v) is 4.84.